The van der Waals surface area contributed by atoms with E-state index in [4.69, 9.17) is 10.5 Å². The lowest BCUT2D eigenvalue weighted by Gasteiger charge is -2.10. The number of benzene rings is 1. The minimum atomic E-state index is -0.625. The van der Waals surface area contributed by atoms with Gasteiger partial charge in [-0.15, -0.1) is 12.4 Å². The van der Waals surface area contributed by atoms with Crippen molar-refractivity contribution in [3.05, 3.63) is 24.3 Å². The predicted octanol–water partition coefficient (Wildman–Crippen LogP) is 1.55. The molecule has 0 unspecified atom stereocenters. The summed E-state index contributed by atoms with van der Waals surface area (Å²) in [6, 6.07) is 7.18. The van der Waals surface area contributed by atoms with E-state index in [-0.39, 0.29) is 18.3 Å². The van der Waals surface area contributed by atoms with Crippen LogP contribution in [0.1, 0.15) is 12.8 Å². The van der Waals surface area contributed by atoms with Crippen molar-refractivity contribution in [3.8, 4) is 5.75 Å². The van der Waals surface area contributed by atoms with Crippen molar-refractivity contribution in [1.29, 1.82) is 0 Å². The van der Waals surface area contributed by atoms with Crippen molar-refractivity contribution in [1.82, 2.24) is 0 Å². The quantitative estimate of drug-likeness (QED) is 0.845. The largest absolute Gasteiger partial charge is 0.497 e. The molecule has 1 aromatic carbocycles. The number of hydrogen-bond acceptors (Lipinski definition) is 3. The molecular formula is C11H15ClN2O2. The number of hydrogen-bond donors (Lipinski definition) is 2. The van der Waals surface area contributed by atoms with E-state index in [0.29, 0.717) is 0 Å². The number of carbonyl (C=O) groups is 1. The number of carbonyl (C=O) groups excluding carboxylic acids is 1. The molecule has 1 aliphatic carbocycles. The van der Waals surface area contributed by atoms with Gasteiger partial charge >= 0.3 is 0 Å². The van der Waals surface area contributed by atoms with Gasteiger partial charge in [-0.1, -0.05) is 0 Å². The van der Waals surface area contributed by atoms with Crippen LogP contribution in [0.25, 0.3) is 0 Å². The zero-order valence-electron chi connectivity index (χ0n) is 9.03. The average Bonchev–Trinajstić information content (AvgIpc) is 2.99. The average molecular weight is 243 g/mol. The summed E-state index contributed by atoms with van der Waals surface area (Å²) in [6.45, 7) is 0. The normalized spacial score (nSPS) is 15.9. The van der Waals surface area contributed by atoms with Crippen molar-refractivity contribution in [2.75, 3.05) is 12.4 Å². The Hall–Kier alpha value is -1.26. The Labute approximate surface area is 101 Å². The van der Waals surface area contributed by atoms with Crippen LogP contribution in [0, 0.1) is 0 Å². The first kappa shape index (κ1) is 12.8. The highest BCUT2D eigenvalue weighted by molar-refractivity contribution is 6.00. The maximum Gasteiger partial charge on any atom is 0.244 e. The van der Waals surface area contributed by atoms with Gasteiger partial charge in [0.05, 0.1) is 12.6 Å². The van der Waals surface area contributed by atoms with Crippen molar-refractivity contribution < 1.29 is 9.53 Å². The van der Waals surface area contributed by atoms with Gasteiger partial charge in [-0.25, -0.2) is 0 Å². The van der Waals surface area contributed by atoms with Gasteiger partial charge in [0.25, 0.3) is 0 Å². The summed E-state index contributed by atoms with van der Waals surface area (Å²) in [7, 11) is 1.60. The molecule has 0 atom stereocenters. The molecule has 0 heterocycles. The van der Waals surface area contributed by atoms with Crippen molar-refractivity contribution >= 4 is 24.0 Å². The lowest BCUT2D eigenvalue weighted by atomic mass is 10.2. The van der Waals surface area contributed by atoms with Gasteiger partial charge in [-0.3, -0.25) is 4.79 Å². The minimum absolute atomic E-state index is 0. The maximum atomic E-state index is 11.6. The number of anilines is 1. The summed E-state index contributed by atoms with van der Waals surface area (Å²) < 4.78 is 5.02. The zero-order chi connectivity index (χ0) is 10.9. The van der Waals surface area contributed by atoms with Gasteiger partial charge in [-0.05, 0) is 37.1 Å². The molecule has 1 fully saturated rings. The van der Waals surface area contributed by atoms with Crippen LogP contribution in [0.3, 0.4) is 0 Å². The molecule has 1 aromatic rings. The summed E-state index contributed by atoms with van der Waals surface area (Å²) in [4.78, 5) is 11.6. The monoisotopic (exact) mass is 242 g/mol. The van der Waals surface area contributed by atoms with E-state index in [1.165, 1.54) is 0 Å². The molecule has 0 saturated heterocycles. The molecular weight excluding hydrogens is 228 g/mol. The summed E-state index contributed by atoms with van der Waals surface area (Å²) in [6.07, 6.45) is 1.55. The van der Waals surface area contributed by atoms with Crippen LogP contribution in [0.15, 0.2) is 24.3 Å². The summed E-state index contributed by atoms with van der Waals surface area (Å²) >= 11 is 0. The Morgan fingerprint density at radius 2 is 1.94 bits per heavy atom. The van der Waals surface area contributed by atoms with E-state index in [1.807, 2.05) is 0 Å². The van der Waals surface area contributed by atoms with E-state index in [0.717, 1.165) is 24.3 Å². The fourth-order valence-corrected chi connectivity index (χ4v) is 1.29. The molecule has 0 bridgehead atoms. The second-order valence-electron chi connectivity index (χ2n) is 3.84. The summed E-state index contributed by atoms with van der Waals surface area (Å²) in [5.41, 5.74) is 5.88. The maximum absolute atomic E-state index is 11.6. The van der Waals surface area contributed by atoms with Crippen molar-refractivity contribution in [2.45, 2.75) is 18.4 Å². The molecule has 0 aliphatic heterocycles. The molecule has 5 heteroatoms. The molecule has 1 amide bonds. The van der Waals surface area contributed by atoms with Crippen LogP contribution >= 0.6 is 12.4 Å². The van der Waals surface area contributed by atoms with Crippen LogP contribution in [0.4, 0.5) is 5.69 Å². The molecule has 4 nitrogen and oxygen atoms in total. The van der Waals surface area contributed by atoms with Crippen LogP contribution in [0.2, 0.25) is 0 Å². The Morgan fingerprint density at radius 1 is 1.38 bits per heavy atom. The first-order chi connectivity index (χ1) is 7.14. The van der Waals surface area contributed by atoms with E-state index in [1.54, 1.807) is 31.4 Å². The van der Waals surface area contributed by atoms with Crippen LogP contribution in [0.5, 0.6) is 5.75 Å². The number of nitrogens with two attached hydrogens (primary N) is 1. The molecule has 1 aliphatic rings. The predicted molar refractivity (Wildman–Crippen MR) is 65.0 cm³/mol. The van der Waals surface area contributed by atoms with Gasteiger partial charge in [0.1, 0.15) is 5.75 Å². The molecule has 2 rings (SSSR count). The van der Waals surface area contributed by atoms with E-state index >= 15 is 0 Å². The first-order valence-electron chi connectivity index (χ1n) is 4.88. The van der Waals surface area contributed by atoms with E-state index in [9.17, 15) is 4.79 Å². The summed E-state index contributed by atoms with van der Waals surface area (Å²) in [5, 5.41) is 2.78. The first-order valence-corrected chi connectivity index (χ1v) is 4.88. The number of nitrogens with one attached hydrogen (secondary N) is 1. The Balaban J connectivity index is 0.00000128. The molecule has 0 aromatic heterocycles. The molecule has 88 valence electrons. The highest BCUT2D eigenvalue weighted by atomic mass is 35.5. The van der Waals surface area contributed by atoms with Crippen molar-refractivity contribution in [2.24, 2.45) is 5.73 Å². The molecule has 0 radical (unpaired) electrons. The van der Waals surface area contributed by atoms with Crippen LogP contribution in [-0.2, 0) is 4.79 Å². The Bertz CT molecular complexity index is 374. The van der Waals surface area contributed by atoms with Gasteiger partial charge < -0.3 is 15.8 Å². The Morgan fingerprint density at radius 3 is 2.38 bits per heavy atom. The highest BCUT2D eigenvalue weighted by Gasteiger charge is 2.45. The van der Waals surface area contributed by atoms with E-state index in [2.05, 4.69) is 5.32 Å². The van der Waals surface area contributed by atoms with Crippen LogP contribution < -0.4 is 15.8 Å². The lowest BCUT2D eigenvalue weighted by Crippen LogP contribution is -2.37. The van der Waals surface area contributed by atoms with Crippen molar-refractivity contribution in [3.63, 3.8) is 0 Å². The van der Waals surface area contributed by atoms with Gasteiger partial charge in [-0.2, -0.15) is 0 Å². The number of methoxy groups -OCH3 is 1. The third-order valence-corrected chi connectivity index (χ3v) is 2.59. The fourth-order valence-electron chi connectivity index (χ4n) is 1.29. The smallest absolute Gasteiger partial charge is 0.244 e. The Kier molecular flexibility index (Phi) is 3.78. The second kappa shape index (κ2) is 4.72. The number of amides is 1. The SMILES string of the molecule is COc1ccc(NC(=O)C2(N)CC2)cc1.Cl. The molecule has 3 N–H and O–H groups in total. The van der Waals surface area contributed by atoms with Gasteiger partial charge in [0, 0.05) is 5.69 Å². The third-order valence-electron chi connectivity index (χ3n) is 2.59. The second-order valence-corrected chi connectivity index (χ2v) is 3.84. The fraction of sp³-hybridized carbons (Fsp3) is 0.364. The zero-order valence-corrected chi connectivity index (χ0v) is 9.84. The highest BCUT2D eigenvalue weighted by Crippen LogP contribution is 2.33. The molecule has 0 spiro atoms. The standard InChI is InChI=1S/C11H14N2O2.ClH/c1-15-9-4-2-8(3-5-9)13-10(14)11(12)6-7-11;/h2-5H,6-7,12H2,1H3,(H,13,14);1H. The number of halogens is 1. The molecule has 16 heavy (non-hydrogen) atoms. The lowest BCUT2D eigenvalue weighted by molar-refractivity contribution is -0.118. The minimum Gasteiger partial charge on any atom is -0.497 e. The van der Waals surface area contributed by atoms with Crippen LogP contribution in [-0.4, -0.2) is 18.6 Å². The van der Waals surface area contributed by atoms with Gasteiger partial charge in [0.2, 0.25) is 5.91 Å². The number of ether oxygens (including phenoxy) is 1. The third kappa shape index (κ3) is 2.65. The summed E-state index contributed by atoms with van der Waals surface area (Å²) in [5.74, 6) is 0.662. The number of rotatable bonds is 3. The van der Waals surface area contributed by atoms with Gasteiger partial charge in [0.15, 0.2) is 0 Å². The van der Waals surface area contributed by atoms with E-state index < -0.39 is 5.54 Å². The topological polar surface area (TPSA) is 64.3 Å². The molecule has 1 saturated carbocycles.